The van der Waals surface area contributed by atoms with Crippen molar-refractivity contribution in [1.29, 1.82) is 0 Å². The molecule has 0 heterocycles. The fraction of sp³-hybridized carbons (Fsp3) is 0.208. The van der Waals surface area contributed by atoms with Gasteiger partial charge in [0, 0.05) is 5.92 Å². The maximum atomic E-state index is 13.0. The van der Waals surface area contributed by atoms with Gasteiger partial charge in [-0.2, -0.15) is 0 Å². The molecular formula is C24H22F3NO6S. The molecule has 1 N–H and O–H groups in total. The van der Waals surface area contributed by atoms with Crippen molar-refractivity contribution < 1.29 is 41.1 Å². The zero-order valence-electron chi connectivity index (χ0n) is 18.4. The summed E-state index contributed by atoms with van der Waals surface area (Å²) in [6.07, 6.45) is -4.64. The first-order chi connectivity index (χ1) is 16.5. The Balaban J connectivity index is 1.72. The zero-order valence-corrected chi connectivity index (χ0v) is 19.2. The molecule has 1 amide bonds. The van der Waals surface area contributed by atoms with Gasteiger partial charge in [-0.05, 0) is 54.1 Å². The molecule has 11 heteroatoms. The second-order valence-electron chi connectivity index (χ2n) is 7.63. The number of alkyl halides is 3. The Morgan fingerprint density at radius 2 is 1.43 bits per heavy atom. The van der Waals surface area contributed by atoms with Crippen LogP contribution in [0.4, 0.5) is 13.2 Å². The van der Waals surface area contributed by atoms with Gasteiger partial charge in [-0.3, -0.25) is 10.0 Å². The zero-order chi connectivity index (χ0) is 25.6. The molecular weight excluding hydrogens is 487 g/mol. The lowest BCUT2D eigenvalue weighted by Crippen LogP contribution is -2.41. The van der Waals surface area contributed by atoms with E-state index in [0.29, 0.717) is 5.06 Å². The van der Waals surface area contributed by atoms with Crippen molar-refractivity contribution in [2.75, 3.05) is 5.75 Å². The SMILES string of the molecule is C[C@H](c1ccccc1)C(CS(=O)(=O)c1ccc(Oc2ccc(OC(F)(F)F)cc2)cc1)N(O)C=O. The predicted octanol–water partition coefficient (Wildman–Crippen LogP) is 5.17. The molecule has 3 rings (SSSR count). The minimum absolute atomic E-state index is 0.0525. The summed E-state index contributed by atoms with van der Waals surface area (Å²) in [6, 6.07) is 18.0. The number of carbonyl (C=O) groups excluding carboxylic acids is 1. The number of amides is 1. The lowest BCUT2D eigenvalue weighted by molar-refractivity contribution is -0.274. The second kappa shape index (κ2) is 10.8. The Morgan fingerprint density at radius 3 is 1.94 bits per heavy atom. The number of benzene rings is 3. The van der Waals surface area contributed by atoms with Crippen LogP contribution in [-0.2, 0) is 14.6 Å². The van der Waals surface area contributed by atoms with Crippen LogP contribution in [0.1, 0.15) is 18.4 Å². The summed E-state index contributed by atoms with van der Waals surface area (Å²) in [5.74, 6) is -0.945. The number of hydrogen-bond acceptors (Lipinski definition) is 6. The van der Waals surface area contributed by atoms with Crippen LogP contribution in [0.2, 0.25) is 0 Å². The van der Waals surface area contributed by atoms with E-state index in [9.17, 15) is 31.6 Å². The molecule has 186 valence electrons. The average Bonchev–Trinajstić information content (AvgIpc) is 2.83. The minimum Gasteiger partial charge on any atom is -0.457 e. The smallest absolute Gasteiger partial charge is 0.457 e. The number of hydroxylamine groups is 2. The van der Waals surface area contributed by atoms with Crippen LogP contribution in [0.25, 0.3) is 0 Å². The van der Waals surface area contributed by atoms with Crippen molar-refractivity contribution in [2.45, 2.75) is 30.1 Å². The molecule has 3 aromatic carbocycles. The van der Waals surface area contributed by atoms with E-state index >= 15 is 0 Å². The molecule has 0 aromatic heterocycles. The molecule has 0 bridgehead atoms. The second-order valence-corrected chi connectivity index (χ2v) is 9.66. The first kappa shape index (κ1) is 26.0. The summed E-state index contributed by atoms with van der Waals surface area (Å²) >= 11 is 0. The molecule has 7 nitrogen and oxygen atoms in total. The summed E-state index contributed by atoms with van der Waals surface area (Å²) < 4.78 is 72.2. The first-order valence-corrected chi connectivity index (χ1v) is 12.0. The maximum absolute atomic E-state index is 13.0. The quantitative estimate of drug-likeness (QED) is 0.230. The predicted molar refractivity (Wildman–Crippen MR) is 120 cm³/mol. The molecule has 0 fully saturated rings. The van der Waals surface area contributed by atoms with Gasteiger partial charge in [-0.1, -0.05) is 37.3 Å². The highest BCUT2D eigenvalue weighted by Crippen LogP contribution is 2.29. The van der Waals surface area contributed by atoms with Crippen molar-refractivity contribution in [3.8, 4) is 17.2 Å². The summed E-state index contributed by atoms with van der Waals surface area (Å²) in [6.45, 7) is 1.71. The van der Waals surface area contributed by atoms with Crippen molar-refractivity contribution in [1.82, 2.24) is 5.06 Å². The van der Waals surface area contributed by atoms with Gasteiger partial charge in [0.25, 0.3) is 0 Å². The molecule has 0 radical (unpaired) electrons. The van der Waals surface area contributed by atoms with Crippen LogP contribution < -0.4 is 9.47 Å². The molecule has 0 spiro atoms. The van der Waals surface area contributed by atoms with Crippen molar-refractivity contribution in [3.63, 3.8) is 0 Å². The third kappa shape index (κ3) is 7.20. The summed E-state index contributed by atoms with van der Waals surface area (Å²) in [7, 11) is -3.92. The molecule has 1 unspecified atom stereocenters. The van der Waals surface area contributed by atoms with Crippen molar-refractivity contribution in [3.05, 3.63) is 84.4 Å². The fourth-order valence-electron chi connectivity index (χ4n) is 3.39. The number of rotatable bonds is 10. The molecule has 35 heavy (non-hydrogen) atoms. The van der Waals surface area contributed by atoms with Gasteiger partial charge < -0.3 is 9.47 Å². The Labute approximate surface area is 200 Å². The van der Waals surface area contributed by atoms with E-state index < -0.39 is 39.7 Å². The van der Waals surface area contributed by atoms with Gasteiger partial charge in [-0.15, -0.1) is 13.2 Å². The van der Waals surface area contributed by atoms with Gasteiger partial charge in [-0.25, -0.2) is 13.5 Å². The van der Waals surface area contributed by atoms with Gasteiger partial charge in [0.2, 0.25) is 6.41 Å². The van der Waals surface area contributed by atoms with Gasteiger partial charge >= 0.3 is 6.36 Å². The molecule has 0 aliphatic heterocycles. The van der Waals surface area contributed by atoms with E-state index in [1.807, 2.05) is 0 Å². The fourth-order valence-corrected chi connectivity index (χ4v) is 5.02. The molecule has 2 atom stereocenters. The average molecular weight is 510 g/mol. The summed E-state index contributed by atoms with van der Waals surface area (Å²) in [4.78, 5) is 11.2. The van der Waals surface area contributed by atoms with Crippen LogP contribution in [0.15, 0.2) is 83.8 Å². The summed E-state index contributed by atoms with van der Waals surface area (Å²) in [5.41, 5.74) is 0.754. The number of nitrogens with zero attached hydrogens (tertiary/aromatic N) is 1. The van der Waals surface area contributed by atoms with Gasteiger partial charge in [0.1, 0.15) is 17.2 Å². The van der Waals surface area contributed by atoms with Crippen LogP contribution in [0.3, 0.4) is 0 Å². The number of ether oxygens (including phenoxy) is 2. The Morgan fingerprint density at radius 1 is 0.914 bits per heavy atom. The van der Waals surface area contributed by atoms with Crippen molar-refractivity contribution >= 4 is 16.2 Å². The normalized spacial score (nSPS) is 13.5. The van der Waals surface area contributed by atoms with E-state index in [4.69, 9.17) is 4.74 Å². The number of sulfone groups is 1. The van der Waals surface area contributed by atoms with Crippen LogP contribution in [-0.4, -0.2) is 43.3 Å². The Kier molecular flexibility index (Phi) is 8.03. The monoisotopic (exact) mass is 509 g/mol. The molecule has 0 aliphatic carbocycles. The minimum atomic E-state index is -4.81. The highest BCUT2D eigenvalue weighted by Gasteiger charge is 2.32. The Bertz CT molecular complexity index is 1220. The van der Waals surface area contributed by atoms with Gasteiger partial charge in [0.05, 0.1) is 16.7 Å². The third-order valence-corrected chi connectivity index (χ3v) is 6.99. The van der Waals surface area contributed by atoms with E-state index in [2.05, 4.69) is 4.74 Å². The Hall–Kier alpha value is -3.57. The third-order valence-electron chi connectivity index (χ3n) is 5.22. The lowest BCUT2D eigenvalue weighted by atomic mass is 9.94. The highest BCUT2D eigenvalue weighted by molar-refractivity contribution is 7.91. The maximum Gasteiger partial charge on any atom is 0.573 e. The van der Waals surface area contributed by atoms with E-state index in [0.717, 1.165) is 17.7 Å². The van der Waals surface area contributed by atoms with Gasteiger partial charge in [0.15, 0.2) is 9.84 Å². The highest BCUT2D eigenvalue weighted by atomic mass is 32.2. The first-order valence-electron chi connectivity index (χ1n) is 10.3. The number of halogens is 3. The van der Waals surface area contributed by atoms with Crippen LogP contribution in [0, 0.1) is 0 Å². The van der Waals surface area contributed by atoms with Crippen LogP contribution >= 0.6 is 0 Å². The molecule has 3 aromatic rings. The number of hydrogen-bond donors (Lipinski definition) is 1. The standard InChI is InChI=1S/C24H22F3NO6S/c1-17(18-5-3-2-4-6-18)23(28(30)16-29)15-35(31,32)22-13-11-20(12-14-22)33-19-7-9-21(10-8-19)34-24(25,26)27/h2-14,16-17,23,30H,15H2,1H3/t17-,23?/m1/s1. The molecule has 0 saturated carbocycles. The van der Waals surface area contributed by atoms with Crippen LogP contribution in [0.5, 0.6) is 17.2 Å². The molecule has 0 aliphatic rings. The van der Waals surface area contributed by atoms with E-state index in [1.165, 1.54) is 36.4 Å². The summed E-state index contributed by atoms with van der Waals surface area (Å²) in [5, 5.41) is 10.4. The van der Waals surface area contributed by atoms with E-state index in [1.54, 1.807) is 37.3 Å². The lowest BCUT2D eigenvalue weighted by Gasteiger charge is -2.28. The van der Waals surface area contributed by atoms with Crippen molar-refractivity contribution in [2.24, 2.45) is 0 Å². The molecule has 0 saturated heterocycles. The largest absolute Gasteiger partial charge is 0.573 e. The number of carbonyl (C=O) groups is 1. The van der Waals surface area contributed by atoms with E-state index in [-0.39, 0.29) is 22.8 Å². The topological polar surface area (TPSA) is 93.1 Å².